The third kappa shape index (κ3) is 2.34. The van der Waals surface area contributed by atoms with E-state index in [0.29, 0.717) is 0 Å². The van der Waals surface area contributed by atoms with Crippen molar-refractivity contribution in [2.75, 3.05) is 0 Å². The Morgan fingerprint density at radius 3 is 1.80 bits per heavy atom. The average molecular weight is 248 g/mol. The first-order chi connectivity index (χ1) is 6.33. The Morgan fingerprint density at radius 2 is 1.47 bits per heavy atom. The molecule has 0 unspecified atom stereocenters. The number of hydrogen-bond acceptors (Lipinski definition) is 1. The van der Waals surface area contributed by atoms with Gasteiger partial charge in [0.1, 0.15) is 10.6 Å². The van der Waals surface area contributed by atoms with Gasteiger partial charge in [-0.25, -0.2) is 0 Å². The number of aromatic hydroxyl groups is 1. The lowest BCUT2D eigenvalue weighted by Gasteiger charge is -2.42. The molecule has 15 heavy (non-hydrogen) atoms. The maximum absolute atomic E-state index is 12.5. The van der Waals surface area contributed by atoms with Gasteiger partial charge in [-0.3, -0.25) is 0 Å². The van der Waals surface area contributed by atoms with E-state index < -0.39 is 32.0 Å². The van der Waals surface area contributed by atoms with Crippen LogP contribution in [0.5, 0.6) is 5.75 Å². The molecule has 0 aliphatic heterocycles. The van der Waals surface area contributed by atoms with Crippen molar-refractivity contribution in [1.29, 1.82) is 0 Å². The van der Waals surface area contributed by atoms with E-state index in [2.05, 4.69) is 0 Å². The molecule has 1 aromatic carbocycles. The third-order valence-corrected chi connectivity index (χ3v) is 3.36. The zero-order valence-electron chi connectivity index (χ0n) is 7.90. The van der Waals surface area contributed by atoms with E-state index >= 15 is 0 Å². The molecule has 0 amide bonds. The van der Waals surface area contributed by atoms with Crippen molar-refractivity contribution in [2.45, 2.75) is 18.7 Å². The van der Waals surface area contributed by atoms with E-state index in [0.717, 1.165) is 26.0 Å². The van der Waals surface area contributed by atoms with Crippen LogP contribution < -0.4 is 0 Å². The van der Waals surface area contributed by atoms with Crippen molar-refractivity contribution in [2.24, 2.45) is 0 Å². The highest BCUT2D eigenvalue weighted by Gasteiger charge is 2.67. The highest BCUT2D eigenvalue weighted by atomic mass is 32.5. The summed E-state index contributed by atoms with van der Waals surface area (Å²) >= 11 is 0. The summed E-state index contributed by atoms with van der Waals surface area (Å²) in [6, 6.07) is 1.77. The van der Waals surface area contributed by atoms with Crippen LogP contribution in [0.3, 0.4) is 0 Å². The third-order valence-electron chi connectivity index (χ3n) is 1.96. The van der Waals surface area contributed by atoms with Crippen molar-refractivity contribution < 1.29 is 24.5 Å². The van der Waals surface area contributed by atoms with E-state index in [1.165, 1.54) is 0 Å². The van der Waals surface area contributed by atoms with Gasteiger partial charge in [-0.15, -0.1) is 0 Å². The van der Waals surface area contributed by atoms with Gasteiger partial charge >= 0.3 is 10.2 Å². The van der Waals surface area contributed by atoms with Crippen LogP contribution in [0.15, 0.2) is 17.0 Å². The molecular formula is C8H9F5OS. The SMILES string of the molecule is Cc1ccc(O)c(C)c1S(F)(F)(F)(F)F. The number of phenolic OH excluding ortho intramolecular Hbond substituents is 1. The van der Waals surface area contributed by atoms with Crippen LogP contribution >= 0.6 is 10.2 Å². The van der Waals surface area contributed by atoms with Crippen molar-refractivity contribution in [3.05, 3.63) is 23.3 Å². The molecule has 0 aliphatic rings. The first-order valence-electron chi connectivity index (χ1n) is 3.86. The summed E-state index contributed by atoms with van der Waals surface area (Å²) in [5.74, 6) is -0.788. The molecule has 88 valence electrons. The fourth-order valence-corrected chi connectivity index (χ4v) is 2.77. The van der Waals surface area contributed by atoms with Crippen LogP contribution in [-0.2, 0) is 0 Å². The van der Waals surface area contributed by atoms with Crippen molar-refractivity contribution in [1.82, 2.24) is 0 Å². The fourth-order valence-electron chi connectivity index (χ4n) is 1.41. The van der Waals surface area contributed by atoms with Crippen molar-refractivity contribution in [3.63, 3.8) is 0 Å². The molecule has 0 radical (unpaired) electrons. The molecule has 0 aliphatic carbocycles. The van der Waals surface area contributed by atoms with Crippen LogP contribution in [0, 0.1) is 13.8 Å². The predicted octanol–water partition coefficient (Wildman–Crippen LogP) is 4.67. The molecule has 0 heterocycles. The molecule has 0 fully saturated rings. The minimum atomic E-state index is -9.72. The Kier molecular flexibility index (Phi) is 1.93. The van der Waals surface area contributed by atoms with E-state index in [9.17, 15) is 19.4 Å². The lowest BCUT2D eigenvalue weighted by Crippen LogP contribution is -2.10. The highest BCUT2D eigenvalue weighted by molar-refractivity contribution is 8.45. The molecule has 0 atom stereocenters. The Hall–Kier alpha value is -0.980. The van der Waals surface area contributed by atoms with Crippen LogP contribution in [0.1, 0.15) is 11.1 Å². The monoisotopic (exact) mass is 248 g/mol. The largest absolute Gasteiger partial charge is 0.508 e. The van der Waals surface area contributed by atoms with E-state index in [1.807, 2.05) is 0 Å². The van der Waals surface area contributed by atoms with Gasteiger partial charge in [-0.05, 0) is 25.5 Å². The zero-order valence-corrected chi connectivity index (χ0v) is 8.72. The first-order valence-corrected chi connectivity index (χ1v) is 5.81. The molecule has 0 aromatic heterocycles. The van der Waals surface area contributed by atoms with Gasteiger partial charge < -0.3 is 5.11 Å². The molecule has 7 heteroatoms. The summed E-state index contributed by atoms with van der Waals surface area (Å²) in [6.45, 7) is 1.75. The second-order valence-corrected chi connectivity index (χ2v) is 5.67. The predicted molar refractivity (Wildman–Crippen MR) is 49.0 cm³/mol. The number of benzene rings is 1. The topological polar surface area (TPSA) is 20.2 Å². The summed E-state index contributed by atoms with van der Waals surface area (Å²) in [5, 5.41) is 9.00. The summed E-state index contributed by atoms with van der Waals surface area (Å²) < 4.78 is 62.7. The quantitative estimate of drug-likeness (QED) is 0.716. The van der Waals surface area contributed by atoms with Crippen LogP contribution in [0.2, 0.25) is 0 Å². The summed E-state index contributed by atoms with van der Waals surface area (Å²) in [6.07, 6.45) is 0. The van der Waals surface area contributed by atoms with Crippen LogP contribution in [0.25, 0.3) is 0 Å². The number of rotatable bonds is 1. The first kappa shape index (κ1) is 12.1. The van der Waals surface area contributed by atoms with Crippen LogP contribution in [-0.4, -0.2) is 5.11 Å². The van der Waals surface area contributed by atoms with E-state index in [-0.39, 0.29) is 0 Å². The molecule has 1 rings (SSSR count). The lowest BCUT2D eigenvalue weighted by atomic mass is 10.1. The molecule has 0 saturated heterocycles. The van der Waals surface area contributed by atoms with Gasteiger partial charge in [0, 0.05) is 5.56 Å². The molecule has 1 nitrogen and oxygen atoms in total. The molecule has 1 aromatic rings. The second kappa shape index (κ2) is 2.40. The minimum Gasteiger partial charge on any atom is -0.508 e. The normalized spacial score (nSPS) is 17.0. The van der Waals surface area contributed by atoms with Gasteiger partial charge in [-0.1, -0.05) is 25.5 Å². The van der Waals surface area contributed by atoms with Crippen molar-refractivity contribution >= 4 is 10.2 Å². The van der Waals surface area contributed by atoms with Gasteiger partial charge in [0.15, 0.2) is 0 Å². The molecule has 0 bridgehead atoms. The van der Waals surface area contributed by atoms with Gasteiger partial charge in [-0.2, -0.15) is 0 Å². The Balaban J connectivity index is 3.75. The van der Waals surface area contributed by atoms with E-state index in [4.69, 9.17) is 5.11 Å². The Labute approximate surface area is 83.3 Å². The van der Waals surface area contributed by atoms with E-state index in [1.54, 1.807) is 0 Å². The minimum absolute atomic E-state index is 0.593. The number of halogens is 5. The fraction of sp³-hybridized carbons (Fsp3) is 0.250. The van der Waals surface area contributed by atoms with Gasteiger partial charge in [0.05, 0.1) is 0 Å². The van der Waals surface area contributed by atoms with Crippen LogP contribution in [0.4, 0.5) is 19.4 Å². The lowest BCUT2D eigenvalue weighted by molar-refractivity contribution is 0.360. The molecule has 1 N–H and O–H groups in total. The number of hydrogen-bond donors (Lipinski definition) is 1. The number of phenols is 1. The molecular weight excluding hydrogens is 239 g/mol. The average Bonchev–Trinajstić information content (AvgIpc) is 1.91. The molecule has 0 saturated carbocycles. The molecule has 0 spiro atoms. The maximum atomic E-state index is 12.5. The highest BCUT2D eigenvalue weighted by Crippen LogP contribution is 3.02. The second-order valence-electron chi connectivity index (χ2n) is 3.32. The maximum Gasteiger partial charge on any atom is 0.311 e. The Morgan fingerprint density at radius 1 is 1.00 bits per heavy atom. The standard InChI is InChI=1S/C8H9F5OS/c1-5-3-4-7(14)6(2)8(5)15(9,10,11,12)13/h3-4,14H,1-2H3. The zero-order chi connectivity index (χ0) is 12.1. The van der Waals surface area contributed by atoms with Gasteiger partial charge in [0.25, 0.3) is 0 Å². The van der Waals surface area contributed by atoms with Crippen molar-refractivity contribution in [3.8, 4) is 5.75 Å². The summed E-state index contributed by atoms with van der Waals surface area (Å²) in [7, 11) is -9.72. The summed E-state index contributed by atoms with van der Waals surface area (Å²) in [4.78, 5) is -1.99. The van der Waals surface area contributed by atoms with Gasteiger partial charge in [0.2, 0.25) is 0 Å². The number of aryl methyl sites for hydroxylation is 1. The smallest absolute Gasteiger partial charge is 0.311 e. The summed E-state index contributed by atoms with van der Waals surface area (Å²) in [5.41, 5.74) is -1.43. The Bertz CT molecular complexity index is 422.